The van der Waals surface area contributed by atoms with Gasteiger partial charge in [0.1, 0.15) is 27.3 Å². The SMILES string of the molecule is Cc1ccc(C2=NN(C(=O)COC(=O)c3cc4c(C)nn(-c5ccc(F)cc5)c4s3)[C@H](c3ccco3)C2)cc1. The molecule has 1 atom stereocenters. The molecule has 3 aromatic heterocycles. The summed E-state index contributed by atoms with van der Waals surface area (Å²) in [5.41, 5.74) is 4.19. The Morgan fingerprint density at radius 3 is 2.59 bits per heavy atom. The summed E-state index contributed by atoms with van der Waals surface area (Å²) < 4.78 is 26.1. The quantitative estimate of drug-likeness (QED) is 0.247. The standard InChI is InChI=1S/C29H23FN4O4S/c1-17-5-7-19(8-6-17)23-15-24(25-4-3-13-37-25)34(32-23)27(35)16-38-29(36)26-14-22-18(2)31-33(28(22)39-26)21-11-9-20(30)10-12-21/h3-14,24H,15-16H2,1-2H3/t24-/m0/s1. The van der Waals surface area contributed by atoms with Crippen molar-refractivity contribution >= 4 is 39.1 Å². The van der Waals surface area contributed by atoms with Crippen molar-refractivity contribution in [1.82, 2.24) is 14.8 Å². The zero-order valence-electron chi connectivity index (χ0n) is 21.1. The number of furan rings is 1. The summed E-state index contributed by atoms with van der Waals surface area (Å²) in [6, 6.07) is 18.7. The predicted octanol–water partition coefficient (Wildman–Crippen LogP) is 5.97. The minimum absolute atomic E-state index is 0.335. The van der Waals surface area contributed by atoms with E-state index in [1.807, 2.05) is 38.1 Å². The number of thiophene rings is 1. The summed E-state index contributed by atoms with van der Waals surface area (Å²) in [6.07, 6.45) is 2.03. The van der Waals surface area contributed by atoms with E-state index in [0.29, 0.717) is 22.7 Å². The number of fused-ring (bicyclic) bond motifs is 1. The Kier molecular flexibility index (Phi) is 6.32. The van der Waals surface area contributed by atoms with Gasteiger partial charge >= 0.3 is 5.97 Å². The maximum atomic E-state index is 13.4. The van der Waals surface area contributed by atoms with Gasteiger partial charge in [0.2, 0.25) is 0 Å². The summed E-state index contributed by atoms with van der Waals surface area (Å²) in [4.78, 5) is 27.2. The average molecular weight is 543 g/mol. The van der Waals surface area contributed by atoms with Gasteiger partial charge in [-0.2, -0.15) is 10.2 Å². The molecule has 1 amide bonds. The van der Waals surface area contributed by atoms with Crippen LogP contribution in [0, 0.1) is 19.7 Å². The zero-order chi connectivity index (χ0) is 27.1. The van der Waals surface area contributed by atoms with Gasteiger partial charge in [-0.15, -0.1) is 11.3 Å². The van der Waals surface area contributed by atoms with Crippen LogP contribution in [0.1, 0.15) is 44.7 Å². The average Bonchev–Trinajstić information content (AvgIpc) is 3.73. The Bertz CT molecular complexity index is 1700. The Morgan fingerprint density at radius 1 is 1.10 bits per heavy atom. The summed E-state index contributed by atoms with van der Waals surface area (Å²) >= 11 is 1.20. The van der Waals surface area contributed by atoms with Crippen LogP contribution in [0.3, 0.4) is 0 Å². The lowest BCUT2D eigenvalue weighted by Gasteiger charge is -2.19. The molecule has 1 aliphatic heterocycles. The van der Waals surface area contributed by atoms with Gasteiger partial charge in [0.05, 0.1) is 23.4 Å². The van der Waals surface area contributed by atoms with Gasteiger partial charge in [-0.3, -0.25) is 4.79 Å². The van der Waals surface area contributed by atoms with Crippen LogP contribution in [-0.2, 0) is 9.53 Å². The van der Waals surface area contributed by atoms with Crippen molar-refractivity contribution in [1.29, 1.82) is 0 Å². The highest BCUT2D eigenvalue weighted by Crippen LogP contribution is 2.34. The van der Waals surface area contributed by atoms with Crippen molar-refractivity contribution in [3.63, 3.8) is 0 Å². The van der Waals surface area contributed by atoms with Crippen LogP contribution >= 0.6 is 11.3 Å². The second-order valence-electron chi connectivity index (χ2n) is 9.27. The molecule has 0 N–H and O–H groups in total. The zero-order valence-corrected chi connectivity index (χ0v) is 21.9. The molecule has 4 heterocycles. The largest absolute Gasteiger partial charge is 0.467 e. The lowest BCUT2D eigenvalue weighted by molar-refractivity contribution is -0.136. The van der Waals surface area contributed by atoms with E-state index in [1.54, 1.807) is 41.3 Å². The van der Waals surface area contributed by atoms with E-state index >= 15 is 0 Å². The molecule has 10 heteroatoms. The fourth-order valence-corrected chi connectivity index (χ4v) is 5.61. The van der Waals surface area contributed by atoms with Gasteiger partial charge in [0.25, 0.3) is 5.91 Å². The molecular weight excluding hydrogens is 519 g/mol. The third kappa shape index (κ3) is 4.74. The van der Waals surface area contributed by atoms with Crippen LogP contribution in [0.15, 0.2) is 82.5 Å². The van der Waals surface area contributed by atoms with E-state index in [2.05, 4.69) is 10.2 Å². The molecule has 2 aromatic carbocycles. The first-order chi connectivity index (χ1) is 18.9. The molecule has 0 spiro atoms. The number of benzene rings is 2. The number of amides is 1. The number of carbonyl (C=O) groups excluding carboxylic acids is 2. The lowest BCUT2D eigenvalue weighted by atomic mass is 10.0. The number of hydrazone groups is 1. The number of aryl methyl sites for hydroxylation is 2. The smallest absolute Gasteiger partial charge is 0.348 e. The van der Waals surface area contributed by atoms with Crippen molar-refractivity contribution < 1.29 is 23.1 Å². The topological polar surface area (TPSA) is 89.9 Å². The number of carbonyl (C=O) groups is 2. The maximum absolute atomic E-state index is 13.4. The Labute approximate surface area is 226 Å². The van der Waals surface area contributed by atoms with E-state index in [1.165, 1.54) is 28.5 Å². The van der Waals surface area contributed by atoms with Crippen LogP contribution < -0.4 is 0 Å². The van der Waals surface area contributed by atoms with Crippen molar-refractivity contribution in [3.05, 3.63) is 106 Å². The number of hydrogen-bond acceptors (Lipinski definition) is 7. The summed E-state index contributed by atoms with van der Waals surface area (Å²) in [7, 11) is 0. The van der Waals surface area contributed by atoms with E-state index in [9.17, 15) is 14.0 Å². The number of ether oxygens (including phenoxy) is 1. The molecule has 0 fully saturated rings. The van der Waals surface area contributed by atoms with Crippen LogP contribution in [0.2, 0.25) is 0 Å². The van der Waals surface area contributed by atoms with Crippen molar-refractivity contribution in [3.8, 4) is 5.69 Å². The summed E-state index contributed by atoms with van der Waals surface area (Å²) in [5, 5.41) is 11.2. The Hall–Kier alpha value is -4.57. The van der Waals surface area contributed by atoms with E-state index in [-0.39, 0.29) is 5.82 Å². The van der Waals surface area contributed by atoms with Crippen LogP contribution in [-0.4, -0.2) is 39.0 Å². The van der Waals surface area contributed by atoms with Gasteiger partial charge in [0, 0.05) is 11.8 Å². The number of halogens is 1. The molecule has 8 nitrogen and oxygen atoms in total. The number of hydrogen-bond donors (Lipinski definition) is 0. The van der Waals surface area contributed by atoms with Crippen LogP contribution in [0.5, 0.6) is 0 Å². The third-order valence-electron chi connectivity index (χ3n) is 6.57. The molecule has 0 bridgehead atoms. The molecule has 39 heavy (non-hydrogen) atoms. The monoisotopic (exact) mass is 542 g/mol. The molecular formula is C29H23FN4O4S. The second kappa shape index (κ2) is 9.95. The minimum Gasteiger partial charge on any atom is -0.467 e. The normalized spacial score (nSPS) is 15.1. The van der Waals surface area contributed by atoms with Crippen molar-refractivity contribution in [2.45, 2.75) is 26.3 Å². The predicted molar refractivity (Wildman–Crippen MR) is 145 cm³/mol. The highest BCUT2D eigenvalue weighted by molar-refractivity contribution is 7.20. The molecule has 0 unspecified atom stereocenters. The fourth-order valence-electron chi connectivity index (χ4n) is 4.53. The number of aromatic nitrogens is 2. The van der Waals surface area contributed by atoms with Crippen LogP contribution in [0.4, 0.5) is 4.39 Å². The van der Waals surface area contributed by atoms with E-state index < -0.39 is 24.5 Å². The van der Waals surface area contributed by atoms with E-state index in [0.717, 1.165) is 32.7 Å². The lowest BCUT2D eigenvalue weighted by Crippen LogP contribution is -2.31. The van der Waals surface area contributed by atoms with Gasteiger partial charge in [-0.1, -0.05) is 29.8 Å². The first-order valence-corrected chi connectivity index (χ1v) is 13.1. The molecule has 6 rings (SSSR count). The minimum atomic E-state index is -0.619. The highest BCUT2D eigenvalue weighted by atomic mass is 32.1. The highest BCUT2D eigenvalue weighted by Gasteiger charge is 2.35. The maximum Gasteiger partial charge on any atom is 0.348 e. The summed E-state index contributed by atoms with van der Waals surface area (Å²) in [6.45, 7) is 3.37. The molecule has 0 saturated heterocycles. The van der Waals surface area contributed by atoms with Crippen molar-refractivity contribution in [2.75, 3.05) is 6.61 Å². The second-order valence-corrected chi connectivity index (χ2v) is 10.3. The van der Waals surface area contributed by atoms with Gasteiger partial charge in [0.15, 0.2) is 6.61 Å². The van der Waals surface area contributed by atoms with Gasteiger partial charge in [-0.05, 0) is 61.9 Å². The summed E-state index contributed by atoms with van der Waals surface area (Å²) in [5.74, 6) is -0.819. The first kappa shape index (κ1) is 24.7. The molecule has 0 saturated carbocycles. The molecule has 0 radical (unpaired) electrons. The van der Waals surface area contributed by atoms with Gasteiger partial charge < -0.3 is 9.15 Å². The van der Waals surface area contributed by atoms with Gasteiger partial charge in [-0.25, -0.2) is 18.9 Å². The molecule has 5 aromatic rings. The molecule has 196 valence electrons. The number of rotatable bonds is 6. The Morgan fingerprint density at radius 2 is 1.87 bits per heavy atom. The third-order valence-corrected chi connectivity index (χ3v) is 7.66. The number of nitrogens with zero attached hydrogens (tertiary/aromatic N) is 4. The molecule has 1 aliphatic rings. The van der Waals surface area contributed by atoms with E-state index in [4.69, 9.17) is 9.15 Å². The Balaban J connectivity index is 1.20. The first-order valence-electron chi connectivity index (χ1n) is 12.3. The van der Waals surface area contributed by atoms with Crippen molar-refractivity contribution in [2.24, 2.45) is 5.10 Å². The molecule has 0 aliphatic carbocycles. The fraction of sp³-hybridized carbons (Fsp3) is 0.172. The van der Waals surface area contributed by atoms with Crippen LogP contribution in [0.25, 0.3) is 15.9 Å². The number of esters is 1.